The van der Waals surface area contributed by atoms with E-state index < -0.39 is 18.0 Å². The van der Waals surface area contributed by atoms with Gasteiger partial charge in [-0.3, -0.25) is 4.79 Å². The Hall–Kier alpha value is -1.27. The molecule has 0 saturated heterocycles. The van der Waals surface area contributed by atoms with Crippen molar-refractivity contribution in [1.29, 1.82) is 0 Å². The fourth-order valence-corrected chi connectivity index (χ4v) is 0.825. The van der Waals surface area contributed by atoms with Gasteiger partial charge in [-0.2, -0.15) is 0 Å². The SMILES string of the molecule is NCCCC[C@H](N)C(=O)OC(=O)C=O. The molecule has 0 aliphatic carbocycles. The van der Waals surface area contributed by atoms with Crippen LogP contribution in [0.4, 0.5) is 0 Å². The average Bonchev–Trinajstić information content (AvgIpc) is 2.17. The largest absolute Gasteiger partial charge is 0.386 e. The van der Waals surface area contributed by atoms with E-state index in [9.17, 15) is 14.4 Å². The molecule has 0 bridgehead atoms. The molecular formula is C8H14N2O4. The molecule has 0 unspecified atom stereocenters. The van der Waals surface area contributed by atoms with Gasteiger partial charge in [0.05, 0.1) is 0 Å². The molecule has 6 heteroatoms. The van der Waals surface area contributed by atoms with Gasteiger partial charge in [-0.25, -0.2) is 9.59 Å². The number of unbranched alkanes of at least 4 members (excludes halogenated alkanes) is 1. The van der Waals surface area contributed by atoms with Gasteiger partial charge in [0.25, 0.3) is 0 Å². The molecule has 1 atom stereocenters. The van der Waals surface area contributed by atoms with Crippen LogP contribution in [0.2, 0.25) is 0 Å². The Kier molecular flexibility index (Phi) is 6.51. The summed E-state index contributed by atoms with van der Waals surface area (Å²) in [6, 6.07) is -0.870. The Balaban J connectivity index is 3.75. The second-order valence-electron chi connectivity index (χ2n) is 2.75. The number of carbonyl (C=O) groups excluding carboxylic acids is 3. The fourth-order valence-electron chi connectivity index (χ4n) is 0.825. The second kappa shape index (κ2) is 7.16. The minimum Gasteiger partial charge on any atom is -0.386 e. The number of hydrogen-bond acceptors (Lipinski definition) is 6. The maximum Gasteiger partial charge on any atom is 0.378 e. The van der Waals surface area contributed by atoms with Crippen LogP contribution in [0, 0.1) is 0 Å². The number of aldehydes is 1. The van der Waals surface area contributed by atoms with Gasteiger partial charge < -0.3 is 16.2 Å². The van der Waals surface area contributed by atoms with Crippen molar-refractivity contribution in [3.8, 4) is 0 Å². The van der Waals surface area contributed by atoms with Gasteiger partial charge in [-0.15, -0.1) is 0 Å². The summed E-state index contributed by atoms with van der Waals surface area (Å²) in [5, 5.41) is 0. The maximum absolute atomic E-state index is 10.9. The van der Waals surface area contributed by atoms with E-state index in [0.29, 0.717) is 19.4 Å². The third-order valence-electron chi connectivity index (χ3n) is 1.57. The third-order valence-corrected chi connectivity index (χ3v) is 1.57. The van der Waals surface area contributed by atoms with Crippen LogP contribution in [0.15, 0.2) is 0 Å². The number of esters is 2. The first kappa shape index (κ1) is 12.7. The van der Waals surface area contributed by atoms with Crippen LogP contribution in [0.25, 0.3) is 0 Å². The van der Waals surface area contributed by atoms with Crippen LogP contribution in [0.1, 0.15) is 19.3 Å². The number of hydrogen-bond donors (Lipinski definition) is 2. The van der Waals surface area contributed by atoms with Crippen LogP contribution in [-0.4, -0.2) is 30.8 Å². The van der Waals surface area contributed by atoms with E-state index in [2.05, 4.69) is 4.74 Å². The van der Waals surface area contributed by atoms with E-state index in [1.807, 2.05) is 0 Å². The molecule has 0 spiro atoms. The summed E-state index contributed by atoms with van der Waals surface area (Å²) in [6.07, 6.45) is 1.75. The van der Waals surface area contributed by atoms with Gasteiger partial charge in [0.15, 0.2) is 0 Å². The highest BCUT2D eigenvalue weighted by Crippen LogP contribution is 1.99. The summed E-state index contributed by atoms with van der Waals surface area (Å²) < 4.78 is 4.09. The molecule has 0 aromatic rings. The van der Waals surface area contributed by atoms with Crippen molar-refractivity contribution in [3.05, 3.63) is 0 Å². The number of carbonyl (C=O) groups is 3. The highest BCUT2D eigenvalue weighted by atomic mass is 16.6. The van der Waals surface area contributed by atoms with Crippen LogP contribution in [0.5, 0.6) is 0 Å². The summed E-state index contributed by atoms with van der Waals surface area (Å²) in [6.45, 7) is 0.523. The quantitative estimate of drug-likeness (QED) is 0.182. The maximum atomic E-state index is 10.9. The molecule has 6 nitrogen and oxygen atoms in total. The van der Waals surface area contributed by atoms with Gasteiger partial charge >= 0.3 is 11.9 Å². The predicted molar refractivity (Wildman–Crippen MR) is 48.0 cm³/mol. The van der Waals surface area contributed by atoms with Gasteiger partial charge in [0, 0.05) is 0 Å². The fraction of sp³-hybridized carbons (Fsp3) is 0.625. The lowest BCUT2D eigenvalue weighted by atomic mass is 10.1. The van der Waals surface area contributed by atoms with E-state index in [1.165, 1.54) is 0 Å². The molecule has 0 aliphatic heterocycles. The topological polar surface area (TPSA) is 112 Å². The van der Waals surface area contributed by atoms with Crippen LogP contribution >= 0.6 is 0 Å². The third kappa shape index (κ3) is 5.39. The lowest BCUT2D eigenvalue weighted by molar-refractivity contribution is -0.162. The van der Waals surface area contributed by atoms with E-state index in [0.717, 1.165) is 6.42 Å². The Morgan fingerprint density at radius 1 is 1.36 bits per heavy atom. The highest BCUT2D eigenvalue weighted by Gasteiger charge is 2.17. The number of ether oxygens (including phenoxy) is 1. The van der Waals surface area contributed by atoms with Crippen molar-refractivity contribution >= 4 is 18.2 Å². The van der Waals surface area contributed by atoms with Crippen molar-refractivity contribution in [2.24, 2.45) is 11.5 Å². The molecule has 4 N–H and O–H groups in total. The first-order chi connectivity index (χ1) is 6.61. The van der Waals surface area contributed by atoms with Crippen molar-refractivity contribution in [2.45, 2.75) is 25.3 Å². The minimum absolute atomic E-state index is 0.0789. The molecule has 0 heterocycles. The average molecular weight is 202 g/mol. The summed E-state index contributed by atoms with van der Waals surface area (Å²) in [5.41, 5.74) is 10.6. The molecule has 0 saturated carbocycles. The molecule has 14 heavy (non-hydrogen) atoms. The second-order valence-corrected chi connectivity index (χ2v) is 2.75. The van der Waals surface area contributed by atoms with Crippen LogP contribution in [-0.2, 0) is 19.1 Å². The lowest BCUT2D eigenvalue weighted by Crippen LogP contribution is -2.34. The minimum atomic E-state index is -1.22. The van der Waals surface area contributed by atoms with Crippen molar-refractivity contribution in [1.82, 2.24) is 0 Å². The van der Waals surface area contributed by atoms with E-state index in [-0.39, 0.29) is 6.29 Å². The monoisotopic (exact) mass is 202 g/mol. The standard InChI is InChI=1S/C8H14N2O4/c9-4-2-1-3-6(10)8(13)14-7(12)5-11/h5-6H,1-4,9-10H2/t6-/m0/s1. The Morgan fingerprint density at radius 3 is 2.50 bits per heavy atom. The smallest absolute Gasteiger partial charge is 0.378 e. The summed E-state index contributed by atoms with van der Waals surface area (Å²) in [5.74, 6) is -2.09. The highest BCUT2D eigenvalue weighted by molar-refractivity contribution is 6.23. The van der Waals surface area contributed by atoms with Gasteiger partial charge in [-0.1, -0.05) is 6.42 Å². The molecular weight excluding hydrogens is 188 g/mol. The Labute approximate surface area is 81.6 Å². The summed E-state index contributed by atoms with van der Waals surface area (Å²) >= 11 is 0. The zero-order chi connectivity index (χ0) is 11.0. The molecule has 0 radical (unpaired) electrons. The van der Waals surface area contributed by atoms with Crippen LogP contribution in [0.3, 0.4) is 0 Å². The molecule has 80 valence electrons. The van der Waals surface area contributed by atoms with Crippen molar-refractivity contribution < 1.29 is 19.1 Å². The Bertz CT molecular complexity index is 217. The molecule has 0 rings (SSSR count). The predicted octanol–water partition coefficient (Wildman–Crippen LogP) is -1.29. The first-order valence-corrected chi connectivity index (χ1v) is 4.28. The zero-order valence-corrected chi connectivity index (χ0v) is 7.77. The van der Waals surface area contributed by atoms with Gasteiger partial charge in [0.1, 0.15) is 6.04 Å². The molecule has 0 aliphatic rings. The zero-order valence-electron chi connectivity index (χ0n) is 7.77. The van der Waals surface area contributed by atoms with E-state index in [4.69, 9.17) is 11.5 Å². The molecule has 0 amide bonds. The van der Waals surface area contributed by atoms with Crippen molar-refractivity contribution in [3.63, 3.8) is 0 Å². The number of nitrogens with two attached hydrogens (primary N) is 2. The van der Waals surface area contributed by atoms with Crippen LogP contribution < -0.4 is 11.5 Å². The lowest BCUT2D eigenvalue weighted by Gasteiger charge is -2.07. The Morgan fingerprint density at radius 2 is 2.00 bits per heavy atom. The number of rotatable bonds is 6. The van der Waals surface area contributed by atoms with Gasteiger partial charge in [0.2, 0.25) is 6.29 Å². The molecule has 0 fully saturated rings. The normalized spacial score (nSPS) is 11.9. The van der Waals surface area contributed by atoms with E-state index in [1.54, 1.807) is 0 Å². The van der Waals surface area contributed by atoms with E-state index >= 15 is 0 Å². The van der Waals surface area contributed by atoms with Crippen molar-refractivity contribution in [2.75, 3.05) is 6.54 Å². The summed E-state index contributed by atoms with van der Waals surface area (Å²) in [4.78, 5) is 31.2. The van der Waals surface area contributed by atoms with Gasteiger partial charge in [-0.05, 0) is 19.4 Å². The molecule has 0 aromatic carbocycles. The molecule has 0 aromatic heterocycles. The first-order valence-electron chi connectivity index (χ1n) is 4.28. The summed E-state index contributed by atoms with van der Waals surface area (Å²) in [7, 11) is 0.